The molecular formula is C27H26ClN5O4S. The minimum Gasteiger partial charge on any atom is -0.342 e. The number of tetrazole rings is 1. The molecule has 1 amide bonds. The highest BCUT2D eigenvalue weighted by atomic mass is 35.5. The molecule has 1 N–H and O–H groups in total. The second kappa shape index (κ2) is 12.1. The molecule has 0 aliphatic carbocycles. The molecule has 0 saturated carbocycles. The van der Waals surface area contributed by atoms with Crippen molar-refractivity contribution in [3.63, 3.8) is 0 Å². The Morgan fingerprint density at radius 2 is 1.82 bits per heavy atom. The first-order valence-corrected chi connectivity index (χ1v) is 14.2. The molecule has 4 aromatic rings. The number of hydrogen-bond donors (Lipinski definition) is 1. The molecule has 1 atom stereocenters. The van der Waals surface area contributed by atoms with Crippen LogP contribution >= 0.6 is 11.6 Å². The summed E-state index contributed by atoms with van der Waals surface area (Å²) in [5, 5.41) is 14.7. The van der Waals surface area contributed by atoms with Gasteiger partial charge in [-0.3, -0.25) is 9.59 Å². The Morgan fingerprint density at radius 3 is 2.53 bits per heavy atom. The van der Waals surface area contributed by atoms with E-state index in [1.165, 1.54) is 35.3 Å². The minimum absolute atomic E-state index is 0.0380. The summed E-state index contributed by atoms with van der Waals surface area (Å²) in [4.78, 5) is 26.4. The zero-order valence-corrected chi connectivity index (χ0v) is 22.2. The van der Waals surface area contributed by atoms with Gasteiger partial charge in [-0.25, -0.2) is 13.1 Å². The molecule has 4 rings (SSSR count). The molecule has 0 unspecified atom stereocenters. The fourth-order valence-electron chi connectivity index (χ4n) is 4.08. The summed E-state index contributed by atoms with van der Waals surface area (Å²) in [5.41, 5.74) is 2.72. The molecule has 3 aromatic carbocycles. The van der Waals surface area contributed by atoms with E-state index in [4.69, 9.17) is 11.6 Å². The van der Waals surface area contributed by atoms with Crippen LogP contribution in [0.15, 0.2) is 84.0 Å². The quantitative estimate of drug-likeness (QED) is 0.302. The zero-order valence-electron chi connectivity index (χ0n) is 20.6. The molecule has 1 heterocycles. The lowest BCUT2D eigenvalue weighted by Gasteiger charge is -2.18. The van der Waals surface area contributed by atoms with Crippen LogP contribution in [0.1, 0.15) is 34.3 Å². The van der Waals surface area contributed by atoms with Crippen LogP contribution in [0.2, 0.25) is 5.02 Å². The maximum absolute atomic E-state index is 13.3. The Labute approximate surface area is 225 Å². The molecule has 0 fully saturated rings. The summed E-state index contributed by atoms with van der Waals surface area (Å²) in [5.74, 6) is -0.645. The minimum atomic E-state index is -3.48. The van der Waals surface area contributed by atoms with E-state index >= 15 is 0 Å². The van der Waals surface area contributed by atoms with Gasteiger partial charge in [-0.15, -0.1) is 5.10 Å². The number of nitrogens with zero attached hydrogens (tertiary/aromatic N) is 4. The summed E-state index contributed by atoms with van der Waals surface area (Å²) >= 11 is 6.20. The Balaban J connectivity index is 1.48. The van der Waals surface area contributed by atoms with E-state index in [1.54, 1.807) is 6.07 Å². The molecule has 9 nitrogen and oxygen atoms in total. The molecule has 196 valence electrons. The standard InChI is InChI=1S/C27H26ClN5O4S/c1-38(36,37)23-11-5-10-21(17-23)27(35)30-24(15-19-7-3-2-4-8-19)26(34)12-6-9-20-16-22(28)13-14-25(20)33-18-29-31-32-33/h2-5,7-8,10-11,13-14,16-18,24H,6,9,12,15H2,1H3,(H,30,35)/t24-/m0/s1. The number of aromatic nitrogens is 4. The van der Waals surface area contributed by atoms with Crippen molar-refractivity contribution in [2.24, 2.45) is 0 Å². The van der Waals surface area contributed by atoms with Crippen LogP contribution in [0.4, 0.5) is 0 Å². The SMILES string of the molecule is CS(=O)(=O)c1cccc(C(=O)N[C@@H](Cc2ccccc2)C(=O)CCCc2cc(Cl)ccc2-n2cnnn2)c1. The lowest BCUT2D eigenvalue weighted by Crippen LogP contribution is -2.42. The summed E-state index contributed by atoms with van der Waals surface area (Å²) in [6.45, 7) is 0. The molecule has 38 heavy (non-hydrogen) atoms. The van der Waals surface area contributed by atoms with Gasteiger partial charge in [-0.2, -0.15) is 0 Å². The van der Waals surface area contributed by atoms with Gasteiger partial charge < -0.3 is 5.32 Å². The third-order valence-corrected chi connectivity index (χ3v) is 7.35. The number of carbonyl (C=O) groups is 2. The molecule has 0 radical (unpaired) electrons. The first-order chi connectivity index (χ1) is 18.2. The first-order valence-electron chi connectivity index (χ1n) is 11.9. The average molecular weight is 552 g/mol. The Morgan fingerprint density at radius 1 is 1.03 bits per heavy atom. The first kappa shape index (κ1) is 27.2. The van der Waals surface area contributed by atoms with Gasteiger partial charge >= 0.3 is 0 Å². The number of halogens is 1. The van der Waals surface area contributed by atoms with E-state index in [-0.39, 0.29) is 22.7 Å². The van der Waals surface area contributed by atoms with Gasteiger partial charge in [0.05, 0.1) is 16.6 Å². The molecule has 0 saturated heterocycles. The fourth-order valence-corrected chi connectivity index (χ4v) is 4.94. The monoisotopic (exact) mass is 551 g/mol. The van der Waals surface area contributed by atoms with Gasteiger partial charge in [0.25, 0.3) is 5.91 Å². The number of carbonyl (C=O) groups excluding carboxylic acids is 2. The van der Waals surface area contributed by atoms with Crippen molar-refractivity contribution in [1.82, 2.24) is 25.5 Å². The number of benzene rings is 3. The summed E-state index contributed by atoms with van der Waals surface area (Å²) < 4.78 is 25.4. The number of amides is 1. The normalized spacial score (nSPS) is 12.2. The third-order valence-electron chi connectivity index (χ3n) is 6.01. The van der Waals surface area contributed by atoms with E-state index in [2.05, 4.69) is 20.8 Å². The van der Waals surface area contributed by atoms with Crippen LogP contribution in [-0.2, 0) is 27.5 Å². The van der Waals surface area contributed by atoms with Crippen molar-refractivity contribution >= 4 is 33.1 Å². The number of hydrogen-bond acceptors (Lipinski definition) is 7. The number of Topliss-reactive ketones (excluding diaryl/α,β-unsaturated/α-hetero) is 1. The van der Waals surface area contributed by atoms with Crippen molar-refractivity contribution in [3.8, 4) is 5.69 Å². The molecule has 0 bridgehead atoms. The number of rotatable bonds is 11. The van der Waals surface area contributed by atoms with Crippen LogP contribution in [0.25, 0.3) is 5.69 Å². The number of aryl methyl sites for hydroxylation is 1. The predicted octanol–water partition coefficient (Wildman–Crippen LogP) is 3.65. The topological polar surface area (TPSA) is 124 Å². The summed E-state index contributed by atoms with van der Waals surface area (Å²) in [6.07, 6.45) is 4.15. The molecule has 0 aliphatic heterocycles. The van der Waals surface area contributed by atoms with Gasteiger partial charge in [-0.05, 0) is 77.2 Å². The maximum atomic E-state index is 13.3. The Bertz CT molecular complexity index is 1530. The second-order valence-corrected chi connectivity index (χ2v) is 11.3. The van der Waals surface area contributed by atoms with E-state index in [0.29, 0.717) is 24.3 Å². The van der Waals surface area contributed by atoms with Gasteiger partial charge in [0.1, 0.15) is 6.33 Å². The lowest BCUT2D eigenvalue weighted by molar-refractivity contribution is -0.121. The molecule has 0 spiro atoms. The third kappa shape index (κ3) is 7.11. The van der Waals surface area contributed by atoms with Crippen LogP contribution in [0, 0.1) is 0 Å². The highest BCUT2D eigenvalue weighted by molar-refractivity contribution is 7.90. The smallest absolute Gasteiger partial charge is 0.251 e. The van der Waals surface area contributed by atoms with Crippen molar-refractivity contribution < 1.29 is 18.0 Å². The summed E-state index contributed by atoms with van der Waals surface area (Å²) in [6, 6.07) is 19.8. The highest BCUT2D eigenvalue weighted by Crippen LogP contribution is 2.21. The molecular weight excluding hydrogens is 526 g/mol. The van der Waals surface area contributed by atoms with E-state index in [1.807, 2.05) is 42.5 Å². The largest absolute Gasteiger partial charge is 0.342 e. The molecule has 0 aliphatic rings. The van der Waals surface area contributed by atoms with Crippen LogP contribution in [0.5, 0.6) is 0 Å². The number of sulfone groups is 1. The molecule has 1 aromatic heterocycles. The number of ketones is 1. The Hall–Kier alpha value is -3.89. The van der Waals surface area contributed by atoms with Crippen LogP contribution < -0.4 is 5.32 Å². The second-order valence-electron chi connectivity index (χ2n) is 8.86. The van der Waals surface area contributed by atoms with Gasteiger partial charge in [-0.1, -0.05) is 48.0 Å². The Kier molecular flexibility index (Phi) is 8.65. The van der Waals surface area contributed by atoms with Crippen molar-refractivity contribution in [3.05, 3.63) is 101 Å². The maximum Gasteiger partial charge on any atom is 0.251 e. The van der Waals surface area contributed by atoms with Gasteiger partial charge in [0, 0.05) is 23.3 Å². The van der Waals surface area contributed by atoms with Crippen molar-refractivity contribution in [2.45, 2.75) is 36.6 Å². The van der Waals surface area contributed by atoms with Crippen LogP contribution in [-0.4, -0.2) is 52.6 Å². The molecule has 11 heteroatoms. The van der Waals surface area contributed by atoms with Crippen molar-refractivity contribution in [2.75, 3.05) is 6.26 Å². The van der Waals surface area contributed by atoms with Gasteiger partial charge in [0.2, 0.25) is 0 Å². The van der Waals surface area contributed by atoms with Crippen LogP contribution in [0.3, 0.4) is 0 Å². The van der Waals surface area contributed by atoms with E-state index < -0.39 is 21.8 Å². The van der Waals surface area contributed by atoms with E-state index in [0.717, 1.165) is 23.1 Å². The lowest BCUT2D eigenvalue weighted by atomic mass is 9.97. The predicted molar refractivity (Wildman–Crippen MR) is 143 cm³/mol. The fraction of sp³-hybridized carbons (Fsp3) is 0.222. The average Bonchev–Trinajstić information content (AvgIpc) is 3.43. The van der Waals surface area contributed by atoms with Crippen molar-refractivity contribution in [1.29, 1.82) is 0 Å². The summed E-state index contributed by atoms with van der Waals surface area (Å²) in [7, 11) is -3.48. The zero-order chi connectivity index (χ0) is 27.1. The van der Waals surface area contributed by atoms with Gasteiger partial charge in [0.15, 0.2) is 15.6 Å². The van der Waals surface area contributed by atoms with E-state index in [9.17, 15) is 18.0 Å². The number of nitrogens with one attached hydrogen (secondary N) is 1. The highest BCUT2D eigenvalue weighted by Gasteiger charge is 2.22.